The average Bonchev–Trinajstić information content (AvgIpc) is 2.58. The van der Waals surface area contributed by atoms with Crippen LogP contribution in [0.25, 0.3) is 0 Å². The molecule has 0 aliphatic carbocycles. The predicted octanol–water partition coefficient (Wildman–Crippen LogP) is 2.81. The Balaban J connectivity index is 1.61. The Morgan fingerprint density at radius 2 is 1.79 bits per heavy atom. The maximum absolute atomic E-state index is 11.3. The number of hydrogen-bond donors (Lipinski definition) is 2. The van der Waals surface area contributed by atoms with Gasteiger partial charge in [-0.15, -0.1) is 0 Å². The third kappa shape index (κ3) is 4.02. The zero-order valence-corrected chi connectivity index (χ0v) is 13.6. The van der Waals surface area contributed by atoms with Gasteiger partial charge in [-0.2, -0.15) is 0 Å². The second-order valence-corrected chi connectivity index (χ2v) is 6.50. The molecule has 1 saturated heterocycles. The lowest BCUT2D eigenvalue weighted by molar-refractivity contribution is 0.0186. The highest BCUT2D eigenvalue weighted by Gasteiger charge is 2.28. The van der Waals surface area contributed by atoms with Crippen LogP contribution >= 0.6 is 0 Å². The molecule has 2 atom stereocenters. The van der Waals surface area contributed by atoms with Crippen molar-refractivity contribution in [2.75, 3.05) is 13.1 Å². The number of carbonyl (C=O) groups is 1. The van der Waals surface area contributed by atoms with Crippen molar-refractivity contribution >= 4 is 5.97 Å². The van der Waals surface area contributed by atoms with Crippen molar-refractivity contribution in [2.24, 2.45) is 5.92 Å². The van der Waals surface area contributed by atoms with Gasteiger partial charge in [0.25, 0.3) is 0 Å². The topological polar surface area (TPSA) is 60.8 Å². The second kappa shape index (κ2) is 7.60. The quantitative estimate of drug-likeness (QED) is 0.887. The number of carboxylic acids is 1. The summed E-state index contributed by atoms with van der Waals surface area (Å²) in [7, 11) is 0. The van der Waals surface area contributed by atoms with Crippen LogP contribution in [0.3, 0.4) is 0 Å². The molecule has 0 saturated carbocycles. The van der Waals surface area contributed by atoms with Crippen LogP contribution in [0.4, 0.5) is 0 Å². The molecule has 4 heteroatoms. The number of aromatic carboxylic acids is 1. The zero-order valence-electron chi connectivity index (χ0n) is 13.6. The highest BCUT2D eigenvalue weighted by molar-refractivity contribution is 5.89. The van der Waals surface area contributed by atoms with E-state index in [1.807, 2.05) is 30.3 Å². The molecule has 0 amide bonds. The molecule has 1 fully saturated rings. The van der Waals surface area contributed by atoms with Crippen LogP contribution in [0, 0.1) is 5.92 Å². The molecule has 0 bridgehead atoms. The number of hydrogen-bond acceptors (Lipinski definition) is 3. The van der Waals surface area contributed by atoms with Crippen LogP contribution in [0.1, 0.15) is 27.9 Å². The van der Waals surface area contributed by atoms with Crippen molar-refractivity contribution in [3.05, 3.63) is 71.3 Å². The van der Waals surface area contributed by atoms with Gasteiger partial charge in [0.15, 0.2) is 0 Å². The molecular weight excluding hydrogens is 302 g/mol. The van der Waals surface area contributed by atoms with E-state index in [0.29, 0.717) is 18.7 Å². The predicted molar refractivity (Wildman–Crippen MR) is 92.9 cm³/mol. The van der Waals surface area contributed by atoms with E-state index in [0.717, 1.165) is 24.9 Å². The summed E-state index contributed by atoms with van der Waals surface area (Å²) in [4.78, 5) is 13.5. The molecule has 126 valence electrons. The van der Waals surface area contributed by atoms with Crippen LogP contribution < -0.4 is 0 Å². The van der Waals surface area contributed by atoms with Gasteiger partial charge in [-0.1, -0.05) is 48.5 Å². The summed E-state index contributed by atoms with van der Waals surface area (Å²) >= 11 is 0. The van der Waals surface area contributed by atoms with Gasteiger partial charge in [0, 0.05) is 13.1 Å². The largest absolute Gasteiger partial charge is 0.478 e. The molecule has 24 heavy (non-hydrogen) atoms. The van der Waals surface area contributed by atoms with E-state index in [2.05, 4.69) is 17.0 Å². The summed E-state index contributed by atoms with van der Waals surface area (Å²) in [5, 5.41) is 19.8. The van der Waals surface area contributed by atoms with E-state index in [4.69, 9.17) is 0 Å². The first kappa shape index (κ1) is 16.7. The molecule has 3 rings (SSSR count). The molecule has 2 aromatic carbocycles. The third-order valence-corrected chi connectivity index (χ3v) is 4.79. The van der Waals surface area contributed by atoms with E-state index < -0.39 is 5.97 Å². The lowest BCUT2D eigenvalue weighted by atomic mass is 9.87. The molecule has 1 aliphatic heterocycles. The van der Waals surface area contributed by atoms with Crippen molar-refractivity contribution in [3.63, 3.8) is 0 Å². The van der Waals surface area contributed by atoms with Gasteiger partial charge in [-0.05, 0) is 42.5 Å². The summed E-state index contributed by atoms with van der Waals surface area (Å²) in [6, 6.07) is 17.3. The molecule has 4 nitrogen and oxygen atoms in total. The smallest absolute Gasteiger partial charge is 0.336 e. The molecule has 2 N–H and O–H groups in total. The molecule has 0 unspecified atom stereocenters. The van der Waals surface area contributed by atoms with Gasteiger partial charge in [-0.3, -0.25) is 4.90 Å². The fourth-order valence-corrected chi connectivity index (χ4v) is 3.45. The Morgan fingerprint density at radius 1 is 1.08 bits per heavy atom. The number of benzene rings is 2. The molecule has 0 spiro atoms. The van der Waals surface area contributed by atoms with E-state index in [1.54, 1.807) is 12.1 Å². The number of aliphatic hydroxyl groups is 1. The lowest BCUT2D eigenvalue weighted by Gasteiger charge is -2.36. The van der Waals surface area contributed by atoms with Gasteiger partial charge in [0.1, 0.15) is 0 Å². The third-order valence-electron chi connectivity index (χ3n) is 4.79. The molecule has 2 aromatic rings. The van der Waals surface area contributed by atoms with Gasteiger partial charge in [0.2, 0.25) is 0 Å². The van der Waals surface area contributed by atoms with Crippen molar-refractivity contribution in [1.82, 2.24) is 4.90 Å². The highest BCUT2D eigenvalue weighted by atomic mass is 16.4. The monoisotopic (exact) mass is 325 g/mol. The van der Waals surface area contributed by atoms with Crippen molar-refractivity contribution in [3.8, 4) is 0 Å². The summed E-state index contributed by atoms with van der Waals surface area (Å²) < 4.78 is 0. The lowest BCUT2D eigenvalue weighted by Crippen LogP contribution is -2.44. The number of piperidine rings is 1. The molecule has 1 heterocycles. The Labute approximate surface area is 142 Å². The molecule has 0 aromatic heterocycles. The van der Waals surface area contributed by atoms with Crippen molar-refractivity contribution in [1.29, 1.82) is 0 Å². The Bertz CT molecular complexity index is 686. The van der Waals surface area contributed by atoms with Crippen molar-refractivity contribution in [2.45, 2.75) is 25.5 Å². The zero-order chi connectivity index (χ0) is 16.9. The first-order chi connectivity index (χ1) is 11.6. The van der Waals surface area contributed by atoms with E-state index in [1.165, 1.54) is 5.56 Å². The number of likely N-dealkylation sites (tertiary alicyclic amines) is 1. The van der Waals surface area contributed by atoms with Crippen LogP contribution in [0.5, 0.6) is 0 Å². The number of nitrogens with zero attached hydrogens (tertiary/aromatic N) is 1. The highest BCUT2D eigenvalue weighted by Crippen LogP contribution is 2.24. The van der Waals surface area contributed by atoms with E-state index in [9.17, 15) is 15.0 Å². The minimum Gasteiger partial charge on any atom is -0.478 e. The minimum absolute atomic E-state index is 0.262. The average molecular weight is 325 g/mol. The van der Waals surface area contributed by atoms with Crippen LogP contribution in [-0.4, -0.2) is 40.3 Å². The summed E-state index contributed by atoms with van der Waals surface area (Å²) in [5.41, 5.74) is 2.41. The number of rotatable bonds is 5. The standard InChI is InChI=1S/C20H23NO3/c22-19-14-21(13-17-8-4-5-9-18(17)20(23)24)11-10-16(19)12-15-6-2-1-3-7-15/h1-9,16,19,22H,10-14H2,(H,23,24)/t16-,19+/m1/s1. The fraction of sp³-hybridized carbons (Fsp3) is 0.350. The molecule has 1 aliphatic rings. The van der Waals surface area contributed by atoms with E-state index >= 15 is 0 Å². The SMILES string of the molecule is O=C(O)c1ccccc1CN1CC[C@H](Cc2ccccc2)[C@@H](O)C1. The van der Waals surface area contributed by atoms with E-state index in [-0.39, 0.29) is 12.0 Å². The maximum Gasteiger partial charge on any atom is 0.336 e. The second-order valence-electron chi connectivity index (χ2n) is 6.50. The summed E-state index contributed by atoms with van der Waals surface area (Å²) in [6.07, 6.45) is 1.43. The fourth-order valence-electron chi connectivity index (χ4n) is 3.45. The van der Waals surface area contributed by atoms with Crippen molar-refractivity contribution < 1.29 is 15.0 Å². The summed E-state index contributed by atoms with van der Waals surface area (Å²) in [6.45, 7) is 2.03. The van der Waals surface area contributed by atoms with Gasteiger partial charge < -0.3 is 10.2 Å². The van der Waals surface area contributed by atoms with Crippen LogP contribution in [0.2, 0.25) is 0 Å². The number of carboxylic acid groups (broad SMARTS) is 1. The Kier molecular flexibility index (Phi) is 5.28. The van der Waals surface area contributed by atoms with Gasteiger partial charge >= 0.3 is 5.97 Å². The normalized spacial score (nSPS) is 21.5. The van der Waals surface area contributed by atoms with Gasteiger partial charge in [-0.25, -0.2) is 4.79 Å². The first-order valence-electron chi connectivity index (χ1n) is 8.39. The molecular formula is C20H23NO3. The Morgan fingerprint density at radius 3 is 2.50 bits per heavy atom. The maximum atomic E-state index is 11.3. The number of β-amino-alcohol motifs (C(OH)–C–C–N with tert-alkyl or cyclic N) is 1. The van der Waals surface area contributed by atoms with Crippen LogP contribution in [-0.2, 0) is 13.0 Å². The molecule has 0 radical (unpaired) electrons. The minimum atomic E-state index is -0.898. The van der Waals surface area contributed by atoms with Gasteiger partial charge in [0.05, 0.1) is 11.7 Å². The first-order valence-corrected chi connectivity index (χ1v) is 8.39. The Hall–Kier alpha value is -2.17. The number of aliphatic hydroxyl groups excluding tert-OH is 1. The summed E-state index contributed by atoms with van der Waals surface area (Å²) in [5.74, 6) is -0.636. The van der Waals surface area contributed by atoms with Crippen LogP contribution in [0.15, 0.2) is 54.6 Å².